The third-order valence-electron chi connectivity index (χ3n) is 5.97. The van der Waals surface area contributed by atoms with Crippen molar-refractivity contribution in [3.63, 3.8) is 0 Å². The van der Waals surface area contributed by atoms with Crippen molar-refractivity contribution in [3.8, 4) is 0 Å². The number of fused-ring (bicyclic) bond motifs is 1. The number of nitrogens with two attached hydrogens (primary N) is 1. The predicted octanol–water partition coefficient (Wildman–Crippen LogP) is 3.39. The van der Waals surface area contributed by atoms with Crippen LogP contribution in [0.25, 0.3) is 10.2 Å². The van der Waals surface area contributed by atoms with E-state index in [1.54, 1.807) is 6.20 Å². The molecular weight excluding hydrogens is 418 g/mol. The second-order valence-electron chi connectivity index (χ2n) is 7.91. The lowest BCUT2D eigenvalue weighted by atomic mass is 9.95. The Bertz CT molecular complexity index is 1130. The highest BCUT2D eigenvalue weighted by atomic mass is 32.1. The zero-order valence-electron chi connectivity index (χ0n) is 16.8. The molecule has 0 bridgehead atoms. The summed E-state index contributed by atoms with van der Waals surface area (Å²) in [6.45, 7) is 5.19. The average molecular weight is 442 g/mol. The van der Waals surface area contributed by atoms with Crippen molar-refractivity contribution in [2.75, 3.05) is 31.1 Å². The van der Waals surface area contributed by atoms with Crippen molar-refractivity contribution in [2.24, 2.45) is 5.73 Å². The van der Waals surface area contributed by atoms with Crippen molar-refractivity contribution in [1.82, 2.24) is 14.9 Å². The Morgan fingerprint density at radius 3 is 2.73 bits per heavy atom. The van der Waals surface area contributed by atoms with Crippen molar-refractivity contribution >= 4 is 49.8 Å². The van der Waals surface area contributed by atoms with Crippen LogP contribution in [0.4, 0.5) is 5.13 Å². The highest BCUT2D eigenvalue weighted by molar-refractivity contribution is 7.20. The molecule has 0 saturated carbocycles. The van der Waals surface area contributed by atoms with Crippen LogP contribution in [0.2, 0.25) is 0 Å². The van der Waals surface area contributed by atoms with E-state index in [0.717, 1.165) is 51.0 Å². The fourth-order valence-corrected chi connectivity index (χ4v) is 6.66. The van der Waals surface area contributed by atoms with E-state index >= 15 is 0 Å². The van der Waals surface area contributed by atoms with Gasteiger partial charge in [-0.05, 0) is 37.8 Å². The fraction of sp³-hybridized carbons (Fsp3) is 0.429. The van der Waals surface area contributed by atoms with Crippen LogP contribution < -0.4 is 10.6 Å². The molecule has 1 atom stereocenters. The molecule has 0 aliphatic carbocycles. The van der Waals surface area contributed by atoms with E-state index in [4.69, 9.17) is 5.73 Å². The maximum absolute atomic E-state index is 13.3. The molecule has 9 heteroatoms. The van der Waals surface area contributed by atoms with Gasteiger partial charge in [-0.1, -0.05) is 17.4 Å². The number of thiazole rings is 1. The smallest absolute Gasteiger partial charge is 0.265 e. The van der Waals surface area contributed by atoms with Gasteiger partial charge in [-0.2, -0.15) is 0 Å². The number of anilines is 1. The van der Waals surface area contributed by atoms with Crippen molar-refractivity contribution in [2.45, 2.75) is 32.1 Å². The van der Waals surface area contributed by atoms with Gasteiger partial charge in [0.25, 0.3) is 11.8 Å². The number of thiophene rings is 1. The zero-order valence-corrected chi connectivity index (χ0v) is 18.4. The Labute approximate surface area is 182 Å². The summed E-state index contributed by atoms with van der Waals surface area (Å²) in [5.74, 6) is -0.303. The van der Waals surface area contributed by atoms with E-state index in [1.165, 1.54) is 35.5 Å². The van der Waals surface area contributed by atoms with Crippen LogP contribution in [0.1, 0.15) is 55.8 Å². The van der Waals surface area contributed by atoms with Crippen molar-refractivity contribution in [3.05, 3.63) is 39.3 Å². The summed E-state index contributed by atoms with van der Waals surface area (Å²) in [5, 5.41) is 1.93. The Morgan fingerprint density at radius 2 is 1.97 bits per heavy atom. The normalized spacial score (nSPS) is 19.2. The maximum atomic E-state index is 13.3. The standard InChI is InChI=1S/C21H23N5O2S2/c1-12-16(30-21(24-12)25-8-2-3-9-25)20(28)26-10-6-13(11-26)15-14-5-4-7-23-19(14)29-17(15)18(22)27/h4-5,7,13H,2-3,6,8-11H2,1H3,(H2,22,27). The molecule has 0 radical (unpaired) electrons. The summed E-state index contributed by atoms with van der Waals surface area (Å²) in [5.41, 5.74) is 7.42. The molecule has 0 aromatic carbocycles. The first-order chi connectivity index (χ1) is 14.5. The summed E-state index contributed by atoms with van der Waals surface area (Å²) in [6.07, 6.45) is 4.90. The van der Waals surface area contributed by atoms with Crippen molar-refractivity contribution in [1.29, 1.82) is 0 Å². The summed E-state index contributed by atoms with van der Waals surface area (Å²) in [6, 6.07) is 3.86. The number of aromatic nitrogens is 2. The molecule has 2 saturated heterocycles. The van der Waals surface area contributed by atoms with E-state index < -0.39 is 5.91 Å². The van der Waals surface area contributed by atoms with E-state index in [9.17, 15) is 9.59 Å². The Hall–Kier alpha value is -2.52. The van der Waals surface area contributed by atoms with Crippen LogP contribution in [0.5, 0.6) is 0 Å². The first kappa shape index (κ1) is 19.4. The predicted molar refractivity (Wildman–Crippen MR) is 120 cm³/mol. The molecule has 0 spiro atoms. The number of amides is 2. The van der Waals surface area contributed by atoms with Gasteiger partial charge in [-0.25, -0.2) is 9.97 Å². The quantitative estimate of drug-likeness (QED) is 0.670. The number of likely N-dealkylation sites (tertiary alicyclic amines) is 1. The van der Waals surface area contributed by atoms with Gasteiger partial charge >= 0.3 is 0 Å². The summed E-state index contributed by atoms with van der Waals surface area (Å²) in [7, 11) is 0. The number of carbonyl (C=O) groups excluding carboxylic acids is 2. The van der Waals surface area contributed by atoms with Gasteiger partial charge in [0.2, 0.25) is 0 Å². The Kier molecular flexibility index (Phi) is 4.94. The molecule has 30 heavy (non-hydrogen) atoms. The molecule has 2 aliphatic rings. The van der Waals surface area contributed by atoms with E-state index in [-0.39, 0.29) is 11.8 Å². The van der Waals surface area contributed by atoms with Gasteiger partial charge in [-0.15, -0.1) is 11.3 Å². The van der Waals surface area contributed by atoms with Crippen LogP contribution in [0.15, 0.2) is 18.3 Å². The van der Waals surface area contributed by atoms with Gasteiger partial charge in [0.1, 0.15) is 9.71 Å². The topological polar surface area (TPSA) is 92.4 Å². The van der Waals surface area contributed by atoms with Crippen LogP contribution >= 0.6 is 22.7 Å². The number of nitrogens with zero attached hydrogens (tertiary/aromatic N) is 4. The van der Waals surface area contributed by atoms with E-state index in [2.05, 4.69) is 14.9 Å². The second-order valence-corrected chi connectivity index (χ2v) is 9.88. The highest BCUT2D eigenvalue weighted by Gasteiger charge is 2.34. The number of primary amides is 1. The Morgan fingerprint density at radius 1 is 1.17 bits per heavy atom. The molecule has 2 N–H and O–H groups in total. The molecule has 2 aliphatic heterocycles. The van der Waals surface area contributed by atoms with Gasteiger partial charge in [0.15, 0.2) is 5.13 Å². The minimum atomic E-state index is -0.425. The highest BCUT2D eigenvalue weighted by Crippen LogP contribution is 2.40. The van der Waals surface area contributed by atoms with Crippen molar-refractivity contribution < 1.29 is 9.59 Å². The molecule has 2 fully saturated rings. The lowest BCUT2D eigenvalue weighted by Crippen LogP contribution is -2.28. The van der Waals surface area contributed by atoms with Gasteiger partial charge in [-0.3, -0.25) is 9.59 Å². The lowest BCUT2D eigenvalue weighted by molar-refractivity contribution is 0.0794. The summed E-state index contributed by atoms with van der Waals surface area (Å²) >= 11 is 2.84. The molecule has 2 amide bonds. The third-order valence-corrected chi connectivity index (χ3v) is 8.32. The first-order valence-electron chi connectivity index (χ1n) is 10.2. The molecular formula is C21H23N5O2S2. The Balaban J connectivity index is 1.40. The van der Waals surface area contributed by atoms with Crippen LogP contribution in [-0.2, 0) is 0 Å². The van der Waals surface area contributed by atoms with Gasteiger partial charge in [0.05, 0.1) is 10.6 Å². The van der Waals surface area contributed by atoms with E-state index in [1.807, 2.05) is 24.0 Å². The minimum absolute atomic E-state index is 0.0382. The average Bonchev–Trinajstić information content (AvgIpc) is 3.51. The van der Waals surface area contributed by atoms with Crippen LogP contribution in [0, 0.1) is 6.92 Å². The van der Waals surface area contributed by atoms with Gasteiger partial charge < -0.3 is 15.5 Å². The van der Waals surface area contributed by atoms with E-state index in [0.29, 0.717) is 18.0 Å². The number of rotatable bonds is 4. The lowest BCUT2D eigenvalue weighted by Gasteiger charge is -2.16. The molecule has 7 nitrogen and oxygen atoms in total. The molecule has 5 heterocycles. The second kappa shape index (κ2) is 7.63. The number of hydrogen-bond acceptors (Lipinski definition) is 7. The SMILES string of the molecule is Cc1nc(N2CCCC2)sc1C(=O)N1CCC(c2c(C(N)=O)sc3ncccc23)C1. The summed E-state index contributed by atoms with van der Waals surface area (Å²) in [4.78, 5) is 40.7. The monoisotopic (exact) mass is 441 g/mol. The summed E-state index contributed by atoms with van der Waals surface area (Å²) < 4.78 is 0. The zero-order chi connectivity index (χ0) is 20.8. The fourth-order valence-electron chi connectivity index (χ4n) is 4.49. The number of hydrogen-bond donors (Lipinski definition) is 1. The van der Waals surface area contributed by atoms with Gasteiger partial charge in [0, 0.05) is 43.7 Å². The van der Waals surface area contributed by atoms with Crippen LogP contribution in [0.3, 0.4) is 0 Å². The number of pyridine rings is 1. The molecule has 3 aromatic heterocycles. The minimum Gasteiger partial charge on any atom is -0.365 e. The molecule has 1 unspecified atom stereocenters. The molecule has 5 rings (SSSR count). The largest absolute Gasteiger partial charge is 0.365 e. The molecule has 3 aromatic rings. The molecule has 156 valence electrons. The maximum Gasteiger partial charge on any atom is 0.265 e. The number of carbonyl (C=O) groups is 2. The first-order valence-corrected chi connectivity index (χ1v) is 11.8. The number of aryl methyl sites for hydroxylation is 1. The van der Waals surface area contributed by atoms with Crippen LogP contribution in [-0.4, -0.2) is 52.9 Å². The third kappa shape index (κ3) is 3.26.